The number of nitrogens with one attached hydrogen (secondary N) is 1. The molecule has 0 aliphatic rings. The van der Waals surface area contributed by atoms with Gasteiger partial charge in [-0.1, -0.05) is 6.07 Å². The van der Waals surface area contributed by atoms with Gasteiger partial charge in [0.15, 0.2) is 0 Å². The van der Waals surface area contributed by atoms with Crippen LogP contribution in [-0.2, 0) is 6.54 Å². The van der Waals surface area contributed by atoms with Gasteiger partial charge in [0.2, 0.25) is 0 Å². The van der Waals surface area contributed by atoms with E-state index in [-0.39, 0.29) is 0 Å². The molecule has 0 aliphatic heterocycles. The Morgan fingerprint density at radius 2 is 2.11 bits per heavy atom. The highest BCUT2D eigenvalue weighted by atomic mass is 16.5. The predicted octanol–water partition coefficient (Wildman–Crippen LogP) is 3.18. The van der Waals surface area contributed by atoms with Crippen LogP contribution >= 0.6 is 0 Å². The largest absolute Gasteiger partial charge is 0.492 e. The number of para-hydroxylation sites is 1. The minimum absolute atomic E-state index is 0.602. The molecular weight excluding hydrogens is 228 g/mol. The summed E-state index contributed by atoms with van der Waals surface area (Å²) in [6.45, 7) is 5.07. The zero-order valence-electron chi connectivity index (χ0n) is 10.7. The van der Waals surface area contributed by atoms with Crippen LogP contribution < -0.4 is 15.8 Å². The number of ether oxygens (including phenoxy) is 1. The van der Waals surface area contributed by atoms with Crippen molar-refractivity contribution < 1.29 is 9.15 Å². The van der Waals surface area contributed by atoms with Crippen molar-refractivity contribution in [3.05, 3.63) is 41.9 Å². The zero-order valence-corrected chi connectivity index (χ0v) is 10.7. The smallest absolute Gasteiger partial charge is 0.144 e. The standard InChI is InChI=1S/C14H18N2O2/c1-3-17-13-6-4-5-12(14(13)15)16-9-11-8-7-10(2)18-11/h4-8,16H,3,9,15H2,1-2H3. The monoisotopic (exact) mass is 246 g/mol. The van der Waals surface area contributed by atoms with E-state index >= 15 is 0 Å². The van der Waals surface area contributed by atoms with Crippen molar-refractivity contribution in [2.45, 2.75) is 20.4 Å². The van der Waals surface area contributed by atoms with Gasteiger partial charge in [-0.15, -0.1) is 0 Å². The molecule has 0 aliphatic carbocycles. The molecule has 0 saturated carbocycles. The number of hydrogen-bond acceptors (Lipinski definition) is 4. The third-order valence-corrected chi connectivity index (χ3v) is 2.62. The maximum Gasteiger partial charge on any atom is 0.144 e. The second kappa shape index (κ2) is 5.49. The molecule has 2 aromatic rings. The Labute approximate surface area is 107 Å². The average molecular weight is 246 g/mol. The first kappa shape index (κ1) is 12.4. The molecule has 3 N–H and O–H groups in total. The molecule has 96 valence electrons. The number of nitrogen functional groups attached to an aromatic ring is 1. The van der Waals surface area contributed by atoms with Crippen LogP contribution in [0.2, 0.25) is 0 Å². The summed E-state index contributed by atoms with van der Waals surface area (Å²) < 4.78 is 10.9. The van der Waals surface area contributed by atoms with Crippen LogP contribution in [0.25, 0.3) is 0 Å². The Bertz CT molecular complexity index is 520. The quantitative estimate of drug-likeness (QED) is 0.795. The molecule has 0 bridgehead atoms. The summed E-state index contributed by atoms with van der Waals surface area (Å²) in [5, 5.41) is 3.24. The van der Waals surface area contributed by atoms with E-state index < -0.39 is 0 Å². The van der Waals surface area contributed by atoms with Crippen molar-refractivity contribution in [2.24, 2.45) is 0 Å². The maximum atomic E-state index is 6.02. The van der Waals surface area contributed by atoms with Crippen molar-refractivity contribution in [1.29, 1.82) is 0 Å². The number of furan rings is 1. The molecule has 0 atom stereocenters. The highest BCUT2D eigenvalue weighted by Gasteiger charge is 2.06. The summed E-state index contributed by atoms with van der Waals surface area (Å²) in [5.41, 5.74) is 7.50. The van der Waals surface area contributed by atoms with Crippen LogP contribution in [0, 0.1) is 6.92 Å². The molecule has 0 spiro atoms. The van der Waals surface area contributed by atoms with Crippen molar-refractivity contribution in [2.75, 3.05) is 17.7 Å². The molecule has 1 heterocycles. The van der Waals surface area contributed by atoms with Gasteiger partial charge in [-0.2, -0.15) is 0 Å². The number of aryl methyl sites for hydroxylation is 1. The maximum absolute atomic E-state index is 6.02. The topological polar surface area (TPSA) is 60.4 Å². The van der Waals surface area contributed by atoms with E-state index in [4.69, 9.17) is 14.9 Å². The zero-order chi connectivity index (χ0) is 13.0. The Hall–Kier alpha value is -2.10. The second-order valence-electron chi connectivity index (χ2n) is 4.02. The Kier molecular flexibility index (Phi) is 3.77. The van der Waals surface area contributed by atoms with Gasteiger partial charge >= 0.3 is 0 Å². The van der Waals surface area contributed by atoms with E-state index in [2.05, 4.69) is 5.32 Å². The van der Waals surface area contributed by atoms with Crippen LogP contribution in [0.15, 0.2) is 34.7 Å². The first-order valence-electron chi connectivity index (χ1n) is 6.01. The van der Waals surface area contributed by atoms with Crippen LogP contribution in [0.3, 0.4) is 0 Å². The lowest BCUT2D eigenvalue weighted by Crippen LogP contribution is -2.04. The Balaban J connectivity index is 2.07. The summed E-state index contributed by atoms with van der Waals surface area (Å²) in [6.07, 6.45) is 0. The van der Waals surface area contributed by atoms with Gasteiger partial charge < -0.3 is 20.2 Å². The fraction of sp³-hybridized carbons (Fsp3) is 0.286. The lowest BCUT2D eigenvalue weighted by molar-refractivity contribution is 0.342. The van der Waals surface area contributed by atoms with Gasteiger partial charge in [0.05, 0.1) is 24.5 Å². The number of nitrogens with two attached hydrogens (primary N) is 1. The summed E-state index contributed by atoms with van der Waals surface area (Å²) in [4.78, 5) is 0. The minimum Gasteiger partial charge on any atom is -0.492 e. The summed E-state index contributed by atoms with van der Waals surface area (Å²) >= 11 is 0. The second-order valence-corrected chi connectivity index (χ2v) is 4.02. The summed E-state index contributed by atoms with van der Waals surface area (Å²) in [5.74, 6) is 2.50. The van der Waals surface area contributed by atoms with Gasteiger partial charge in [-0.05, 0) is 38.1 Å². The van der Waals surface area contributed by atoms with Gasteiger partial charge in [0.25, 0.3) is 0 Å². The first-order chi connectivity index (χ1) is 8.70. The number of benzene rings is 1. The molecule has 0 fully saturated rings. The Morgan fingerprint density at radius 1 is 1.28 bits per heavy atom. The molecule has 1 aromatic heterocycles. The van der Waals surface area contributed by atoms with Crippen molar-refractivity contribution >= 4 is 11.4 Å². The molecule has 4 nitrogen and oxygen atoms in total. The lowest BCUT2D eigenvalue weighted by atomic mass is 10.2. The van der Waals surface area contributed by atoms with E-state index in [1.807, 2.05) is 44.2 Å². The molecule has 1 aromatic carbocycles. The van der Waals surface area contributed by atoms with Crippen molar-refractivity contribution in [3.63, 3.8) is 0 Å². The molecule has 4 heteroatoms. The van der Waals surface area contributed by atoms with Crippen LogP contribution in [0.1, 0.15) is 18.4 Å². The van der Waals surface area contributed by atoms with Crippen LogP contribution in [-0.4, -0.2) is 6.61 Å². The van der Waals surface area contributed by atoms with E-state index in [1.54, 1.807) is 0 Å². The minimum atomic E-state index is 0.602. The Morgan fingerprint density at radius 3 is 2.78 bits per heavy atom. The van der Waals surface area contributed by atoms with Crippen LogP contribution in [0.4, 0.5) is 11.4 Å². The molecule has 0 unspecified atom stereocenters. The number of anilines is 2. The van der Waals surface area contributed by atoms with E-state index in [9.17, 15) is 0 Å². The lowest BCUT2D eigenvalue weighted by Gasteiger charge is -2.12. The van der Waals surface area contributed by atoms with Crippen molar-refractivity contribution in [1.82, 2.24) is 0 Å². The molecular formula is C14H18N2O2. The molecule has 0 amide bonds. The van der Waals surface area contributed by atoms with E-state index in [0.29, 0.717) is 24.6 Å². The average Bonchev–Trinajstić information content (AvgIpc) is 2.77. The molecule has 18 heavy (non-hydrogen) atoms. The third-order valence-electron chi connectivity index (χ3n) is 2.62. The third kappa shape index (κ3) is 2.77. The van der Waals surface area contributed by atoms with E-state index in [1.165, 1.54) is 0 Å². The number of hydrogen-bond donors (Lipinski definition) is 2. The van der Waals surface area contributed by atoms with Gasteiger partial charge in [-0.3, -0.25) is 0 Å². The first-order valence-corrected chi connectivity index (χ1v) is 6.01. The van der Waals surface area contributed by atoms with E-state index in [0.717, 1.165) is 17.2 Å². The van der Waals surface area contributed by atoms with Gasteiger partial charge in [0.1, 0.15) is 17.3 Å². The normalized spacial score (nSPS) is 10.3. The van der Waals surface area contributed by atoms with Gasteiger partial charge in [-0.25, -0.2) is 0 Å². The SMILES string of the molecule is CCOc1cccc(NCc2ccc(C)o2)c1N. The molecule has 0 radical (unpaired) electrons. The summed E-state index contributed by atoms with van der Waals surface area (Å²) in [6, 6.07) is 9.59. The fourth-order valence-corrected chi connectivity index (χ4v) is 1.74. The summed E-state index contributed by atoms with van der Waals surface area (Å²) in [7, 11) is 0. The van der Waals surface area contributed by atoms with Crippen LogP contribution in [0.5, 0.6) is 5.75 Å². The van der Waals surface area contributed by atoms with Gasteiger partial charge in [0, 0.05) is 0 Å². The highest BCUT2D eigenvalue weighted by Crippen LogP contribution is 2.29. The number of rotatable bonds is 5. The predicted molar refractivity (Wildman–Crippen MR) is 72.8 cm³/mol. The fourth-order valence-electron chi connectivity index (χ4n) is 1.74. The van der Waals surface area contributed by atoms with Crippen molar-refractivity contribution in [3.8, 4) is 5.75 Å². The highest BCUT2D eigenvalue weighted by molar-refractivity contribution is 5.72. The molecule has 0 saturated heterocycles. The molecule has 2 rings (SSSR count).